The number of anilines is 1. The van der Waals surface area contributed by atoms with Gasteiger partial charge in [-0.15, -0.1) is 11.3 Å². The van der Waals surface area contributed by atoms with Crippen LogP contribution in [-0.4, -0.2) is 18.3 Å². The fourth-order valence-corrected chi connectivity index (χ4v) is 4.19. The molecule has 1 aromatic heterocycles. The molecular formula is C25H17F4NO3S. The van der Waals surface area contributed by atoms with E-state index in [1.54, 1.807) is 19.1 Å². The molecule has 4 rings (SSSR count). The van der Waals surface area contributed by atoms with Gasteiger partial charge in [0.2, 0.25) is 0 Å². The highest BCUT2D eigenvalue weighted by Crippen LogP contribution is 2.32. The molecule has 0 aliphatic rings. The Bertz CT molecular complexity index is 1390. The first-order valence-electron chi connectivity index (χ1n) is 10.0. The summed E-state index contributed by atoms with van der Waals surface area (Å²) in [6.07, 6.45) is -4.81. The average Bonchev–Trinajstić information content (AvgIpc) is 3.24. The molecule has 1 N–H and O–H groups in total. The van der Waals surface area contributed by atoms with Crippen molar-refractivity contribution in [3.8, 4) is 5.75 Å². The highest BCUT2D eigenvalue weighted by atomic mass is 32.1. The van der Waals surface area contributed by atoms with Crippen LogP contribution in [0.3, 0.4) is 0 Å². The summed E-state index contributed by atoms with van der Waals surface area (Å²) in [5, 5.41) is 5.69. The van der Waals surface area contributed by atoms with Gasteiger partial charge in [-0.05, 0) is 66.2 Å². The first-order valence-corrected chi connectivity index (χ1v) is 10.9. The van der Waals surface area contributed by atoms with Crippen molar-refractivity contribution >= 4 is 38.8 Å². The number of benzene rings is 3. The molecular weight excluding hydrogens is 470 g/mol. The van der Waals surface area contributed by atoms with Gasteiger partial charge in [-0.1, -0.05) is 17.7 Å². The Hall–Kier alpha value is -3.72. The maximum atomic E-state index is 13.8. The van der Waals surface area contributed by atoms with Gasteiger partial charge >= 0.3 is 6.18 Å². The summed E-state index contributed by atoms with van der Waals surface area (Å²) in [5.74, 6) is -2.53. The van der Waals surface area contributed by atoms with Crippen molar-refractivity contribution in [2.75, 3.05) is 11.9 Å². The van der Waals surface area contributed by atoms with E-state index < -0.39 is 41.4 Å². The van der Waals surface area contributed by atoms with E-state index in [4.69, 9.17) is 4.74 Å². The molecule has 0 radical (unpaired) electrons. The number of fused-ring (bicyclic) bond motifs is 1. The first kappa shape index (κ1) is 23.4. The fourth-order valence-electron chi connectivity index (χ4n) is 3.36. The number of nitrogens with one attached hydrogen (secondary N) is 1. The van der Waals surface area contributed by atoms with E-state index in [0.29, 0.717) is 23.4 Å². The van der Waals surface area contributed by atoms with Crippen LogP contribution in [0.15, 0.2) is 66.0 Å². The van der Waals surface area contributed by atoms with Gasteiger partial charge in [0.15, 0.2) is 12.4 Å². The highest BCUT2D eigenvalue weighted by Gasteiger charge is 2.32. The lowest BCUT2D eigenvalue weighted by Crippen LogP contribution is -2.21. The summed E-state index contributed by atoms with van der Waals surface area (Å²) in [6, 6.07) is 13.5. The minimum atomic E-state index is -4.81. The molecule has 0 unspecified atom stereocenters. The van der Waals surface area contributed by atoms with Crippen LogP contribution in [-0.2, 0) is 11.0 Å². The summed E-state index contributed by atoms with van der Waals surface area (Å²) < 4.78 is 59.5. The van der Waals surface area contributed by atoms with Crippen LogP contribution in [0.2, 0.25) is 0 Å². The summed E-state index contributed by atoms with van der Waals surface area (Å²) in [7, 11) is 0. The van der Waals surface area contributed by atoms with Gasteiger partial charge in [0, 0.05) is 16.0 Å². The number of ketones is 1. The van der Waals surface area contributed by atoms with Gasteiger partial charge in [0.25, 0.3) is 5.91 Å². The van der Waals surface area contributed by atoms with Crippen LogP contribution in [0.4, 0.5) is 23.2 Å². The molecule has 174 valence electrons. The van der Waals surface area contributed by atoms with E-state index in [2.05, 4.69) is 5.32 Å². The number of rotatable bonds is 6. The Morgan fingerprint density at radius 3 is 2.56 bits per heavy atom. The second kappa shape index (κ2) is 9.26. The SMILES string of the molecule is Cc1ccc(OCC(=O)Nc2ccc3ccsc3c2)c(C(=O)c2cc(F)cc(C(F)(F)F)c2)c1. The van der Waals surface area contributed by atoms with Crippen LogP contribution in [0.1, 0.15) is 27.0 Å². The Morgan fingerprint density at radius 1 is 1.00 bits per heavy atom. The summed E-state index contributed by atoms with van der Waals surface area (Å²) >= 11 is 1.53. The molecule has 9 heteroatoms. The zero-order chi connectivity index (χ0) is 24.5. The molecule has 0 aliphatic carbocycles. The molecule has 4 nitrogen and oxygen atoms in total. The Kier molecular flexibility index (Phi) is 6.39. The second-order valence-corrected chi connectivity index (χ2v) is 8.51. The van der Waals surface area contributed by atoms with E-state index in [-0.39, 0.29) is 11.3 Å². The number of carbonyl (C=O) groups excluding carboxylic acids is 2. The Balaban J connectivity index is 1.53. The normalized spacial score (nSPS) is 11.4. The number of hydrogen-bond acceptors (Lipinski definition) is 4. The molecule has 1 amide bonds. The zero-order valence-corrected chi connectivity index (χ0v) is 18.5. The van der Waals surface area contributed by atoms with Crippen molar-refractivity contribution in [2.24, 2.45) is 0 Å². The number of aryl methyl sites for hydroxylation is 1. The van der Waals surface area contributed by atoms with Gasteiger partial charge in [0.1, 0.15) is 11.6 Å². The van der Waals surface area contributed by atoms with E-state index in [1.807, 2.05) is 23.6 Å². The van der Waals surface area contributed by atoms with Crippen molar-refractivity contribution in [2.45, 2.75) is 13.1 Å². The smallest absolute Gasteiger partial charge is 0.416 e. The zero-order valence-electron chi connectivity index (χ0n) is 17.7. The number of ether oxygens (including phenoxy) is 1. The third-order valence-corrected chi connectivity index (χ3v) is 5.85. The highest BCUT2D eigenvalue weighted by molar-refractivity contribution is 7.17. The van der Waals surface area contributed by atoms with Crippen LogP contribution in [0.5, 0.6) is 5.75 Å². The van der Waals surface area contributed by atoms with Crippen molar-refractivity contribution in [1.82, 2.24) is 0 Å². The number of thiophene rings is 1. The van der Waals surface area contributed by atoms with E-state index in [9.17, 15) is 27.2 Å². The summed E-state index contributed by atoms with van der Waals surface area (Å²) in [4.78, 5) is 25.4. The van der Waals surface area contributed by atoms with Gasteiger partial charge in [0.05, 0.1) is 11.1 Å². The Labute approximate surface area is 195 Å². The molecule has 0 saturated heterocycles. The third-order valence-electron chi connectivity index (χ3n) is 4.97. The van der Waals surface area contributed by atoms with Crippen molar-refractivity contribution in [1.29, 1.82) is 0 Å². The lowest BCUT2D eigenvalue weighted by atomic mass is 9.98. The second-order valence-electron chi connectivity index (χ2n) is 7.57. The molecule has 0 atom stereocenters. The predicted molar refractivity (Wildman–Crippen MR) is 122 cm³/mol. The molecule has 1 heterocycles. The van der Waals surface area contributed by atoms with Crippen molar-refractivity contribution < 1.29 is 31.9 Å². The molecule has 0 spiro atoms. The van der Waals surface area contributed by atoms with Crippen LogP contribution >= 0.6 is 11.3 Å². The summed E-state index contributed by atoms with van der Waals surface area (Å²) in [6.45, 7) is 1.24. The largest absolute Gasteiger partial charge is 0.483 e. The van der Waals surface area contributed by atoms with E-state index in [1.165, 1.54) is 23.5 Å². The van der Waals surface area contributed by atoms with Gasteiger partial charge < -0.3 is 10.1 Å². The van der Waals surface area contributed by atoms with Gasteiger partial charge in [-0.25, -0.2) is 4.39 Å². The van der Waals surface area contributed by atoms with Crippen molar-refractivity contribution in [3.63, 3.8) is 0 Å². The minimum Gasteiger partial charge on any atom is -0.483 e. The van der Waals surface area contributed by atoms with Crippen LogP contribution in [0.25, 0.3) is 10.1 Å². The molecule has 4 aromatic rings. The Morgan fingerprint density at radius 2 is 1.79 bits per heavy atom. The molecule has 3 aromatic carbocycles. The van der Waals surface area contributed by atoms with Crippen LogP contribution < -0.4 is 10.1 Å². The number of halogens is 4. The molecule has 0 fully saturated rings. The topological polar surface area (TPSA) is 55.4 Å². The maximum Gasteiger partial charge on any atom is 0.416 e. The van der Waals surface area contributed by atoms with Crippen LogP contribution in [0, 0.1) is 12.7 Å². The number of carbonyl (C=O) groups is 2. The molecule has 0 bridgehead atoms. The lowest BCUT2D eigenvalue weighted by Gasteiger charge is -2.13. The fraction of sp³-hybridized carbons (Fsp3) is 0.120. The van der Waals surface area contributed by atoms with Crippen molar-refractivity contribution in [3.05, 3.63) is 94.1 Å². The molecule has 34 heavy (non-hydrogen) atoms. The number of alkyl halides is 3. The average molecular weight is 487 g/mol. The van der Waals surface area contributed by atoms with E-state index in [0.717, 1.165) is 16.2 Å². The minimum absolute atomic E-state index is 0.00252. The van der Waals surface area contributed by atoms with Gasteiger partial charge in [-0.2, -0.15) is 13.2 Å². The standard InChI is InChI=1S/C25H17F4NO3S/c1-14-2-5-21(33-13-23(31)30-19-4-3-15-6-7-34-22(15)12-19)20(8-14)24(32)16-9-17(25(27,28)29)11-18(26)10-16/h2-12H,13H2,1H3,(H,30,31). The maximum absolute atomic E-state index is 13.8. The van der Waals surface area contributed by atoms with Gasteiger partial charge in [-0.3, -0.25) is 9.59 Å². The monoisotopic (exact) mass is 487 g/mol. The quantitative estimate of drug-likeness (QED) is 0.246. The number of hydrogen-bond donors (Lipinski definition) is 1. The third kappa shape index (κ3) is 5.26. The molecule has 0 aliphatic heterocycles. The number of amides is 1. The van der Waals surface area contributed by atoms with E-state index >= 15 is 0 Å². The molecule has 0 saturated carbocycles. The predicted octanol–water partition coefficient (Wildman–Crippen LogP) is 6.62. The summed E-state index contributed by atoms with van der Waals surface area (Å²) in [5.41, 5.74) is -0.615. The lowest BCUT2D eigenvalue weighted by molar-refractivity contribution is -0.137. The first-order chi connectivity index (χ1) is 16.1.